The third kappa shape index (κ3) is 3.44. The van der Waals surface area contributed by atoms with Gasteiger partial charge in [-0.05, 0) is 23.3 Å². The lowest BCUT2D eigenvalue weighted by atomic mass is 9.90. The standard InChI is InChI=1S/C17H17NO4S/c1-21-16-9-7-15(8-10-16)17(13-22-23(19,20)18-17)12-11-14-5-3-2-4-6-14/h2-12,18H,13H2,1H3/b12-11+/t17-/m0/s1. The molecule has 0 unspecified atom stereocenters. The molecule has 120 valence electrons. The third-order valence-electron chi connectivity index (χ3n) is 3.71. The van der Waals surface area contributed by atoms with Crippen molar-refractivity contribution in [3.63, 3.8) is 0 Å². The minimum Gasteiger partial charge on any atom is -0.497 e. The molecule has 23 heavy (non-hydrogen) atoms. The second-order valence-corrected chi connectivity index (χ2v) is 6.61. The highest BCUT2D eigenvalue weighted by Crippen LogP contribution is 2.31. The largest absolute Gasteiger partial charge is 0.497 e. The van der Waals surface area contributed by atoms with Crippen molar-refractivity contribution in [1.29, 1.82) is 0 Å². The molecule has 0 aliphatic carbocycles. The molecule has 1 atom stereocenters. The van der Waals surface area contributed by atoms with Gasteiger partial charge < -0.3 is 4.74 Å². The second-order valence-electron chi connectivity index (χ2n) is 5.26. The van der Waals surface area contributed by atoms with Crippen molar-refractivity contribution in [3.8, 4) is 5.75 Å². The summed E-state index contributed by atoms with van der Waals surface area (Å²) in [5.41, 5.74) is 0.832. The summed E-state index contributed by atoms with van der Waals surface area (Å²) in [5.74, 6) is 0.706. The van der Waals surface area contributed by atoms with E-state index in [0.717, 1.165) is 11.1 Å². The number of hydrogen-bond donors (Lipinski definition) is 1. The highest BCUT2D eigenvalue weighted by molar-refractivity contribution is 7.85. The summed E-state index contributed by atoms with van der Waals surface area (Å²) in [6, 6.07) is 16.9. The maximum atomic E-state index is 11.8. The van der Waals surface area contributed by atoms with E-state index in [1.54, 1.807) is 19.2 Å². The molecule has 1 aliphatic heterocycles. The maximum absolute atomic E-state index is 11.8. The number of methoxy groups -OCH3 is 1. The Bertz CT molecular complexity index is 800. The molecule has 3 rings (SSSR count). The van der Waals surface area contributed by atoms with Gasteiger partial charge in [0, 0.05) is 0 Å². The lowest BCUT2D eigenvalue weighted by molar-refractivity contribution is 0.306. The van der Waals surface area contributed by atoms with Crippen LogP contribution in [0.4, 0.5) is 0 Å². The molecule has 1 fully saturated rings. The molecular weight excluding hydrogens is 314 g/mol. The fourth-order valence-electron chi connectivity index (χ4n) is 2.46. The van der Waals surface area contributed by atoms with Crippen LogP contribution in [0.25, 0.3) is 6.08 Å². The minimum absolute atomic E-state index is 0.00496. The average molecular weight is 331 g/mol. The molecule has 0 radical (unpaired) electrons. The number of hydrogen-bond acceptors (Lipinski definition) is 4. The monoisotopic (exact) mass is 331 g/mol. The molecular formula is C17H17NO4S. The van der Waals surface area contributed by atoms with Gasteiger partial charge >= 0.3 is 10.3 Å². The topological polar surface area (TPSA) is 64.6 Å². The second kappa shape index (κ2) is 6.16. The fraction of sp³-hybridized carbons (Fsp3) is 0.176. The van der Waals surface area contributed by atoms with Crippen LogP contribution in [0, 0.1) is 0 Å². The summed E-state index contributed by atoms with van der Waals surface area (Å²) in [5, 5.41) is 0. The summed E-state index contributed by atoms with van der Waals surface area (Å²) < 4.78 is 36.2. The molecule has 0 amide bonds. The molecule has 0 aromatic heterocycles. The molecule has 2 aromatic carbocycles. The minimum atomic E-state index is -3.75. The highest BCUT2D eigenvalue weighted by Gasteiger charge is 2.42. The van der Waals surface area contributed by atoms with E-state index in [-0.39, 0.29) is 6.61 Å². The first-order chi connectivity index (χ1) is 11.0. The Morgan fingerprint density at radius 1 is 1.13 bits per heavy atom. The Kier molecular flexibility index (Phi) is 4.21. The van der Waals surface area contributed by atoms with Crippen LogP contribution in [0.3, 0.4) is 0 Å². The first-order valence-electron chi connectivity index (χ1n) is 7.10. The zero-order chi connectivity index (χ0) is 16.3. The Labute approximate surface area is 135 Å². The van der Waals surface area contributed by atoms with Gasteiger partial charge in [0.15, 0.2) is 0 Å². The normalized spacial score (nSPS) is 23.2. The lowest BCUT2D eigenvalue weighted by Gasteiger charge is -2.23. The van der Waals surface area contributed by atoms with Gasteiger partial charge in [-0.15, -0.1) is 0 Å². The van der Waals surface area contributed by atoms with Crippen LogP contribution in [0.15, 0.2) is 60.7 Å². The van der Waals surface area contributed by atoms with Crippen molar-refractivity contribution in [1.82, 2.24) is 4.72 Å². The van der Waals surface area contributed by atoms with Gasteiger partial charge in [-0.2, -0.15) is 13.1 Å². The van der Waals surface area contributed by atoms with Gasteiger partial charge in [-0.25, -0.2) is 0 Å². The zero-order valence-electron chi connectivity index (χ0n) is 12.6. The predicted octanol–water partition coefficient (Wildman–Crippen LogP) is 2.47. The van der Waals surface area contributed by atoms with E-state index in [2.05, 4.69) is 4.72 Å². The molecule has 0 spiro atoms. The van der Waals surface area contributed by atoms with E-state index in [1.165, 1.54) is 0 Å². The SMILES string of the molecule is COc1ccc([C@]2(/C=C/c3ccccc3)COS(=O)(=O)N2)cc1. The molecule has 1 N–H and O–H groups in total. The van der Waals surface area contributed by atoms with E-state index in [4.69, 9.17) is 8.92 Å². The smallest absolute Gasteiger partial charge is 0.337 e. The Morgan fingerprint density at radius 3 is 2.39 bits per heavy atom. The van der Waals surface area contributed by atoms with Crippen LogP contribution >= 0.6 is 0 Å². The Hall–Kier alpha value is -2.15. The van der Waals surface area contributed by atoms with Crippen molar-refractivity contribution in [2.75, 3.05) is 13.7 Å². The van der Waals surface area contributed by atoms with E-state index >= 15 is 0 Å². The van der Waals surface area contributed by atoms with Crippen LogP contribution in [0.5, 0.6) is 5.75 Å². The molecule has 6 heteroatoms. The summed E-state index contributed by atoms with van der Waals surface area (Å²) in [6.07, 6.45) is 3.69. The Balaban J connectivity index is 1.99. The van der Waals surface area contributed by atoms with Crippen molar-refractivity contribution < 1.29 is 17.3 Å². The Morgan fingerprint density at radius 2 is 1.83 bits per heavy atom. The van der Waals surface area contributed by atoms with Crippen molar-refractivity contribution >= 4 is 16.4 Å². The molecule has 1 aliphatic rings. The predicted molar refractivity (Wildman–Crippen MR) is 88.2 cm³/mol. The fourth-order valence-corrected chi connectivity index (χ4v) is 3.56. The van der Waals surface area contributed by atoms with E-state index in [9.17, 15) is 8.42 Å². The summed E-state index contributed by atoms with van der Waals surface area (Å²) >= 11 is 0. The van der Waals surface area contributed by atoms with Gasteiger partial charge in [0.05, 0.1) is 13.7 Å². The third-order valence-corrected chi connectivity index (χ3v) is 4.76. The molecule has 2 aromatic rings. The first kappa shape index (κ1) is 15.7. The average Bonchev–Trinajstić information content (AvgIpc) is 2.90. The summed E-state index contributed by atoms with van der Waals surface area (Å²) in [6.45, 7) is 0.00496. The summed E-state index contributed by atoms with van der Waals surface area (Å²) in [4.78, 5) is 0. The van der Waals surface area contributed by atoms with Crippen molar-refractivity contribution in [3.05, 3.63) is 71.8 Å². The van der Waals surface area contributed by atoms with E-state index in [0.29, 0.717) is 5.75 Å². The van der Waals surface area contributed by atoms with Gasteiger partial charge in [0.25, 0.3) is 0 Å². The van der Waals surface area contributed by atoms with Gasteiger partial charge in [0.2, 0.25) is 0 Å². The molecule has 1 heterocycles. The number of ether oxygens (including phenoxy) is 1. The van der Waals surface area contributed by atoms with Gasteiger partial charge in [0.1, 0.15) is 11.3 Å². The van der Waals surface area contributed by atoms with Crippen molar-refractivity contribution in [2.45, 2.75) is 5.54 Å². The molecule has 1 saturated heterocycles. The number of nitrogens with one attached hydrogen (secondary N) is 1. The quantitative estimate of drug-likeness (QED) is 0.935. The van der Waals surface area contributed by atoms with Crippen LogP contribution in [-0.4, -0.2) is 22.1 Å². The lowest BCUT2D eigenvalue weighted by Crippen LogP contribution is -2.38. The number of rotatable bonds is 4. The maximum Gasteiger partial charge on any atom is 0.337 e. The zero-order valence-corrected chi connectivity index (χ0v) is 13.4. The van der Waals surface area contributed by atoms with Crippen LogP contribution in [0.2, 0.25) is 0 Å². The van der Waals surface area contributed by atoms with Gasteiger partial charge in [-0.1, -0.05) is 54.6 Å². The van der Waals surface area contributed by atoms with Gasteiger partial charge in [-0.3, -0.25) is 4.18 Å². The molecule has 0 saturated carbocycles. The van der Waals surface area contributed by atoms with E-state index < -0.39 is 15.8 Å². The van der Waals surface area contributed by atoms with E-state index in [1.807, 2.05) is 54.6 Å². The van der Waals surface area contributed by atoms with Crippen molar-refractivity contribution in [2.24, 2.45) is 0 Å². The molecule has 0 bridgehead atoms. The summed E-state index contributed by atoms with van der Waals surface area (Å²) in [7, 11) is -2.17. The number of benzene rings is 2. The molecule has 5 nitrogen and oxygen atoms in total. The van der Waals surface area contributed by atoms with Crippen LogP contribution in [-0.2, 0) is 20.0 Å². The highest BCUT2D eigenvalue weighted by atomic mass is 32.2. The first-order valence-corrected chi connectivity index (χ1v) is 8.51. The van der Waals surface area contributed by atoms with Crippen LogP contribution in [0.1, 0.15) is 11.1 Å². The van der Waals surface area contributed by atoms with Crippen LogP contribution < -0.4 is 9.46 Å².